The molecule has 2 unspecified atom stereocenters. The first-order chi connectivity index (χ1) is 13.7. The zero-order valence-electron chi connectivity index (χ0n) is 16.7. The normalized spacial score (nSPS) is 29.8. The number of hydrogen-bond donors (Lipinski definition) is 1. The van der Waals surface area contributed by atoms with Crippen LogP contribution in [0.4, 0.5) is 0 Å². The lowest BCUT2D eigenvalue weighted by Crippen LogP contribution is -2.47. The van der Waals surface area contributed by atoms with Crippen LogP contribution in [0.5, 0.6) is 0 Å². The van der Waals surface area contributed by atoms with Gasteiger partial charge in [0.1, 0.15) is 5.69 Å². The molecule has 1 N–H and O–H groups in total. The van der Waals surface area contributed by atoms with Crippen molar-refractivity contribution in [3.8, 4) is 0 Å². The number of aromatic nitrogens is 2. The van der Waals surface area contributed by atoms with E-state index in [-0.39, 0.29) is 5.91 Å². The smallest absolute Gasteiger partial charge is 0.272 e. The summed E-state index contributed by atoms with van der Waals surface area (Å²) >= 11 is 0. The highest BCUT2D eigenvalue weighted by atomic mass is 16.2. The van der Waals surface area contributed by atoms with Crippen LogP contribution in [0.25, 0.3) is 0 Å². The van der Waals surface area contributed by atoms with Crippen LogP contribution in [-0.4, -0.2) is 45.8 Å². The maximum Gasteiger partial charge on any atom is 0.272 e. The van der Waals surface area contributed by atoms with Crippen LogP contribution in [0.3, 0.4) is 0 Å². The average Bonchev–Trinajstić information content (AvgIpc) is 3.25. The predicted molar refractivity (Wildman–Crippen MR) is 110 cm³/mol. The number of carbonyl (C=O) groups is 1. The Morgan fingerprint density at radius 3 is 2.50 bits per heavy atom. The number of hydrogen-bond acceptors (Lipinski definition) is 3. The van der Waals surface area contributed by atoms with E-state index >= 15 is 0 Å². The summed E-state index contributed by atoms with van der Waals surface area (Å²) in [6.07, 6.45) is 8.56. The molecule has 3 fully saturated rings. The minimum atomic E-state index is 0.208. The van der Waals surface area contributed by atoms with Crippen molar-refractivity contribution in [2.75, 3.05) is 13.1 Å². The first kappa shape index (κ1) is 17.9. The second-order valence-corrected chi connectivity index (χ2v) is 8.80. The maximum atomic E-state index is 13.7. The molecular weight excluding hydrogens is 348 g/mol. The van der Waals surface area contributed by atoms with Crippen LogP contribution < -0.4 is 5.32 Å². The lowest BCUT2D eigenvalue weighted by molar-refractivity contribution is 0.0553. The van der Waals surface area contributed by atoms with Gasteiger partial charge in [0.05, 0.1) is 12.2 Å². The Morgan fingerprint density at radius 2 is 1.82 bits per heavy atom. The van der Waals surface area contributed by atoms with Gasteiger partial charge in [-0.3, -0.25) is 9.48 Å². The molecule has 0 radical (unpaired) electrons. The topological polar surface area (TPSA) is 50.2 Å². The molecule has 3 aliphatic rings. The van der Waals surface area contributed by atoms with E-state index < -0.39 is 0 Å². The van der Waals surface area contributed by atoms with Crippen molar-refractivity contribution < 1.29 is 4.79 Å². The molecule has 5 nitrogen and oxygen atoms in total. The van der Waals surface area contributed by atoms with Gasteiger partial charge in [-0.15, -0.1) is 0 Å². The Labute approximate surface area is 167 Å². The molecule has 2 aromatic rings. The van der Waals surface area contributed by atoms with Crippen molar-refractivity contribution in [1.82, 2.24) is 20.0 Å². The van der Waals surface area contributed by atoms with Crippen molar-refractivity contribution >= 4 is 5.91 Å². The third kappa shape index (κ3) is 3.06. The summed E-state index contributed by atoms with van der Waals surface area (Å²) < 4.78 is 2.02. The number of nitrogens with zero attached hydrogens (tertiary/aromatic N) is 3. The second-order valence-electron chi connectivity index (χ2n) is 8.80. The lowest BCUT2D eigenvalue weighted by atomic mass is 9.85. The summed E-state index contributed by atoms with van der Waals surface area (Å²) in [7, 11) is 0. The first-order valence-corrected chi connectivity index (χ1v) is 10.8. The molecule has 3 saturated heterocycles. The zero-order valence-corrected chi connectivity index (χ0v) is 16.7. The van der Waals surface area contributed by atoms with E-state index in [2.05, 4.69) is 45.6 Å². The van der Waals surface area contributed by atoms with Gasteiger partial charge in [0.2, 0.25) is 0 Å². The minimum Gasteiger partial charge on any atom is -0.331 e. The third-order valence-corrected chi connectivity index (χ3v) is 7.04. The van der Waals surface area contributed by atoms with Crippen molar-refractivity contribution in [3.05, 3.63) is 53.3 Å². The largest absolute Gasteiger partial charge is 0.331 e. The van der Waals surface area contributed by atoms with Crippen molar-refractivity contribution in [2.45, 2.75) is 69.5 Å². The van der Waals surface area contributed by atoms with Gasteiger partial charge < -0.3 is 10.2 Å². The molecule has 0 saturated carbocycles. The van der Waals surface area contributed by atoms with Crippen LogP contribution in [0.15, 0.2) is 36.5 Å². The molecule has 3 aliphatic heterocycles. The molecule has 1 amide bonds. The minimum absolute atomic E-state index is 0.208. The van der Waals surface area contributed by atoms with Gasteiger partial charge in [0.15, 0.2) is 0 Å². The third-order valence-electron chi connectivity index (χ3n) is 7.04. The average molecular weight is 379 g/mol. The molecule has 1 aromatic heterocycles. The summed E-state index contributed by atoms with van der Waals surface area (Å²) in [5.74, 6) is 0.788. The van der Waals surface area contributed by atoms with Crippen LogP contribution in [0.2, 0.25) is 0 Å². The van der Waals surface area contributed by atoms with Crippen LogP contribution >= 0.6 is 0 Å². The van der Waals surface area contributed by atoms with Crippen LogP contribution in [0, 0.1) is 6.92 Å². The number of benzene rings is 1. The number of nitrogens with one attached hydrogen (secondary N) is 1. The number of amides is 1. The molecule has 4 heterocycles. The molecule has 0 spiro atoms. The molecule has 0 aliphatic carbocycles. The Balaban J connectivity index is 1.39. The van der Waals surface area contributed by atoms with Gasteiger partial charge >= 0.3 is 0 Å². The Hall–Kier alpha value is -2.14. The fourth-order valence-electron chi connectivity index (χ4n) is 5.66. The quantitative estimate of drug-likeness (QED) is 0.887. The zero-order chi connectivity index (χ0) is 19.1. The van der Waals surface area contributed by atoms with E-state index in [0.29, 0.717) is 24.0 Å². The molecular formula is C23H30N4O. The summed E-state index contributed by atoms with van der Waals surface area (Å²) in [6, 6.07) is 11.9. The summed E-state index contributed by atoms with van der Waals surface area (Å²) in [4.78, 5) is 15.9. The molecule has 5 rings (SSSR count). The standard InChI is InChI=1S/C23H30N4O/c1-16-14-25-27(21-8-5-11-24-15-21)22(16)23(28)26-19-9-10-20(26)13-18(12-19)17-6-3-2-4-7-17/h2-4,6-7,14,18-21,24H,5,8-13,15H2,1H3/t18?,19-,20+,21?. The summed E-state index contributed by atoms with van der Waals surface area (Å²) in [5, 5.41) is 8.07. The monoisotopic (exact) mass is 378 g/mol. The molecule has 5 heteroatoms. The predicted octanol–water partition coefficient (Wildman–Crippen LogP) is 3.67. The van der Waals surface area contributed by atoms with Gasteiger partial charge in [0, 0.05) is 24.2 Å². The van der Waals surface area contributed by atoms with E-state index in [4.69, 9.17) is 0 Å². The number of fused-ring (bicyclic) bond motifs is 2. The number of aryl methyl sites for hydroxylation is 1. The van der Waals surface area contributed by atoms with Crippen molar-refractivity contribution in [3.63, 3.8) is 0 Å². The number of rotatable bonds is 3. The molecule has 2 bridgehead atoms. The van der Waals surface area contributed by atoms with Gasteiger partial charge in [-0.2, -0.15) is 5.10 Å². The van der Waals surface area contributed by atoms with Crippen LogP contribution in [0.1, 0.15) is 72.1 Å². The highest BCUT2D eigenvalue weighted by Crippen LogP contribution is 2.44. The molecule has 28 heavy (non-hydrogen) atoms. The van der Waals surface area contributed by atoms with Crippen molar-refractivity contribution in [1.29, 1.82) is 0 Å². The van der Waals surface area contributed by atoms with E-state index in [9.17, 15) is 4.79 Å². The highest BCUT2D eigenvalue weighted by Gasteiger charge is 2.45. The Morgan fingerprint density at radius 1 is 1.07 bits per heavy atom. The lowest BCUT2D eigenvalue weighted by Gasteiger charge is -2.39. The van der Waals surface area contributed by atoms with E-state index in [1.165, 1.54) is 5.56 Å². The van der Waals surface area contributed by atoms with E-state index in [0.717, 1.165) is 62.9 Å². The molecule has 4 atom stereocenters. The fourth-order valence-corrected chi connectivity index (χ4v) is 5.66. The Kier molecular flexibility index (Phi) is 4.71. The Bertz CT molecular complexity index is 826. The van der Waals surface area contributed by atoms with Gasteiger partial charge in [-0.05, 0) is 63.5 Å². The second kappa shape index (κ2) is 7.36. The molecule has 1 aromatic carbocycles. The van der Waals surface area contributed by atoms with Gasteiger partial charge in [-0.1, -0.05) is 30.3 Å². The summed E-state index contributed by atoms with van der Waals surface area (Å²) in [6.45, 7) is 4.01. The number of carbonyl (C=O) groups excluding carboxylic acids is 1. The van der Waals surface area contributed by atoms with Crippen molar-refractivity contribution in [2.24, 2.45) is 0 Å². The maximum absolute atomic E-state index is 13.7. The van der Waals surface area contributed by atoms with E-state index in [1.807, 2.05) is 17.8 Å². The van der Waals surface area contributed by atoms with E-state index in [1.54, 1.807) is 0 Å². The van der Waals surface area contributed by atoms with Crippen LogP contribution in [-0.2, 0) is 0 Å². The van der Waals surface area contributed by atoms with Gasteiger partial charge in [-0.25, -0.2) is 0 Å². The number of piperidine rings is 2. The first-order valence-electron chi connectivity index (χ1n) is 10.8. The summed E-state index contributed by atoms with van der Waals surface area (Å²) in [5.41, 5.74) is 3.27. The fraction of sp³-hybridized carbons (Fsp3) is 0.565. The highest BCUT2D eigenvalue weighted by molar-refractivity contribution is 5.94. The molecule has 148 valence electrons. The van der Waals surface area contributed by atoms with Gasteiger partial charge in [0.25, 0.3) is 5.91 Å². The SMILES string of the molecule is Cc1cnn(C2CCCNC2)c1C(=O)N1[C@@H]2CC[C@H]1CC(c1ccccc1)C2.